The van der Waals surface area contributed by atoms with E-state index in [1.807, 2.05) is 0 Å². The molecule has 0 saturated carbocycles. The van der Waals surface area contributed by atoms with Crippen molar-refractivity contribution in [3.63, 3.8) is 0 Å². The minimum Gasteiger partial charge on any atom is -0.507 e. The maximum atomic E-state index is 12.7. The molecule has 1 heterocycles. The number of hydrogen-bond donors (Lipinski definition) is 2. The van der Waals surface area contributed by atoms with Crippen LogP contribution in [0.25, 0.3) is 10.8 Å². The van der Waals surface area contributed by atoms with Crippen LogP contribution in [0.4, 0.5) is 0 Å². The molecule has 1 aliphatic heterocycles. The summed E-state index contributed by atoms with van der Waals surface area (Å²) in [6, 6.07) is 14.1. The summed E-state index contributed by atoms with van der Waals surface area (Å²) >= 11 is 5.84. The summed E-state index contributed by atoms with van der Waals surface area (Å²) in [5.74, 6) is -2.42. The SMILES string of the molecule is O=C(NN1C(=O)c2cccc3cccc(c23)C1=O)c1cc(Cl)ccc1O. The Bertz CT molecular complexity index is 1060. The number of amides is 3. The third-order valence-corrected chi connectivity index (χ3v) is 4.42. The van der Waals surface area contributed by atoms with Gasteiger partial charge in [-0.15, -0.1) is 0 Å². The van der Waals surface area contributed by atoms with E-state index in [0.29, 0.717) is 21.5 Å². The number of nitrogens with one attached hydrogen (secondary N) is 1. The summed E-state index contributed by atoms with van der Waals surface area (Å²) in [6.07, 6.45) is 0. The van der Waals surface area contributed by atoms with E-state index in [4.69, 9.17) is 11.6 Å². The van der Waals surface area contributed by atoms with Crippen molar-refractivity contribution in [2.75, 3.05) is 0 Å². The zero-order valence-corrected chi connectivity index (χ0v) is 13.9. The fraction of sp³-hybridized carbons (Fsp3) is 0. The summed E-state index contributed by atoms with van der Waals surface area (Å²) in [5.41, 5.74) is 2.75. The van der Waals surface area contributed by atoms with Crippen molar-refractivity contribution in [2.24, 2.45) is 0 Å². The first kappa shape index (κ1) is 16.1. The second kappa shape index (κ2) is 5.86. The molecular weight excluding hydrogens is 356 g/mol. The van der Waals surface area contributed by atoms with E-state index in [1.54, 1.807) is 36.4 Å². The number of carbonyl (C=O) groups excluding carboxylic acids is 3. The van der Waals surface area contributed by atoms with Crippen LogP contribution in [-0.4, -0.2) is 27.8 Å². The number of aromatic hydroxyl groups is 1. The van der Waals surface area contributed by atoms with Crippen molar-refractivity contribution in [3.05, 3.63) is 76.3 Å². The van der Waals surface area contributed by atoms with E-state index >= 15 is 0 Å². The van der Waals surface area contributed by atoms with Gasteiger partial charge in [-0.3, -0.25) is 19.8 Å². The standard InChI is InChI=1S/C19H11ClN2O4/c20-11-7-8-15(23)14(9-11)17(24)21-22-18(25)12-5-1-3-10-4-2-6-13(16(10)12)19(22)26/h1-9,23H,(H,21,24). The summed E-state index contributed by atoms with van der Waals surface area (Å²) in [5, 5.41) is 12.0. The average molecular weight is 367 g/mol. The topological polar surface area (TPSA) is 86.7 Å². The van der Waals surface area contributed by atoms with Crippen molar-refractivity contribution in [1.82, 2.24) is 10.4 Å². The fourth-order valence-electron chi connectivity index (χ4n) is 2.98. The Labute approximate surface area is 152 Å². The van der Waals surface area contributed by atoms with E-state index in [0.717, 1.165) is 5.39 Å². The predicted octanol–water partition coefficient (Wildman–Crippen LogP) is 3.14. The number of phenols is 1. The monoisotopic (exact) mass is 366 g/mol. The number of rotatable bonds is 2. The van der Waals surface area contributed by atoms with Crippen LogP contribution >= 0.6 is 11.6 Å². The molecule has 3 aromatic rings. The molecule has 0 saturated heterocycles. The van der Waals surface area contributed by atoms with Crippen molar-refractivity contribution >= 4 is 40.1 Å². The number of imide groups is 1. The maximum absolute atomic E-state index is 12.7. The number of carbonyl (C=O) groups is 3. The molecule has 6 nitrogen and oxygen atoms in total. The third-order valence-electron chi connectivity index (χ3n) is 4.19. The van der Waals surface area contributed by atoms with Crippen LogP contribution in [0.5, 0.6) is 5.75 Å². The van der Waals surface area contributed by atoms with Gasteiger partial charge in [-0.1, -0.05) is 35.9 Å². The van der Waals surface area contributed by atoms with Crippen LogP contribution in [0.15, 0.2) is 54.6 Å². The van der Waals surface area contributed by atoms with Crippen LogP contribution in [0.2, 0.25) is 5.02 Å². The van der Waals surface area contributed by atoms with Gasteiger partial charge in [-0.2, -0.15) is 5.01 Å². The summed E-state index contributed by atoms with van der Waals surface area (Å²) in [7, 11) is 0. The van der Waals surface area contributed by atoms with Crippen LogP contribution in [0.1, 0.15) is 31.1 Å². The number of hydrazine groups is 1. The second-order valence-corrected chi connectivity index (χ2v) is 6.19. The van der Waals surface area contributed by atoms with E-state index < -0.39 is 17.7 Å². The molecule has 0 spiro atoms. The minimum atomic E-state index is -0.821. The number of hydrogen-bond acceptors (Lipinski definition) is 4. The van der Waals surface area contributed by atoms with Crippen LogP contribution < -0.4 is 5.43 Å². The van der Waals surface area contributed by atoms with Crippen LogP contribution in [0.3, 0.4) is 0 Å². The van der Waals surface area contributed by atoms with Gasteiger partial charge in [0.2, 0.25) is 0 Å². The molecule has 0 fully saturated rings. The molecule has 26 heavy (non-hydrogen) atoms. The Kier molecular flexibility index (Phi) is 3.63. The molecule has 0 unspecified atom stereocenters. The molecule has 2 N–H and O–H groups in total. The molecule has 0 radical (unpaired) electrons. The minimum absolute atomic E-state index is 0.143. The van der Waals surface area contributed by atoms with Crippen molar-refractivity contribution in [2.45, 2.75) is 0 Å². The molecule has 1 aliphatic rings. The Morgan fingerprint density at radius 1 is 0.962 bits per heavy atom. The first-order chi connectivity index (χ1) is 12.5. The van der Waals surface area contributed by atoms with E-state index in [2.05, 4.69) is 5.43 Å². The Hall–Kier alpha value is -3.38. The van der Waals surface area contributed by atoms with Gasteiger partial charge in [0.1, 0.15) is 5.75 Å². The number of benzene rings is 3. The van der Waals surface area contributed by atoms with Gasteiger partial charge in [-0.25, -0.2) is 0 Å². The molecule has 128 valence electrons. The normalized spacial score (nSPS) is 13.2. The lowest BCUT2D eigenvalue weighted by atomic mass is 9.95. The quantitative estimate of drug-likeness (QED) is 0.682. The summed E-state index contributed by atoms with van der Waals surface area (Å²) in [6.45, 7) is 0. The third kappa shape index (κ3) is 2.39. The zero-order valence-electron chi connectivity index (χ0n) is 13.2. The fourth-order valence-corrected chi connectivity index (χ4v) is 3.16. The molecule has 0 aliphatic carbocycles. The predicted molar refractivity (Wildman–Crippen MR) is 95.0 cm³/mol. The van der Waals surface area contributed by atoms with Crippen LogP contribution in [0, 0.1) is 0 Å². The molecular formula is C19H11ClN2O4. The van der Waals surface area contributed by atoms with Gasteiger partial charge in [-0.05, 0) is 35.7 Å². The van der Waals surface area contributed by atoms with Crippen molar-refractivity contribution in [1.29, 1.82) is 0 Å². The van der Waals surface area contributed by atoms with Gasteiger partial charge in [0.15, 0.2) is 0 Å². The average Bonchev–Trinajstić information content (AvgIpc) is 2.64. The molecule has 3 aromatic carbocycles. The highest BCUT2D eigenvalue weighted by atomic mass is 35.5. The molecule has 0 bridgehead atoms. The first-order valence-electron chi connectivity index (χ1n) is 7.67. The summed E-state index contributed by atoms with van der Waals surface area (Å²) in [4.78, 5) is 37.9. The lowest BCUT2D eigenvalue weighted by Crippen LogP contribution is -2.51. The number of halogens is 1. The molecule has 0 aromatic heterocycles. The second-order valence-electron chi connectivity index (χ2n) is 5.76. The van der Waals surface area contributed by atoms with E-state index in [-0.39, 0.29) is 16.3 Å². The lowest BCUT2D eigenvalue weighted by molar-refractivity contribution is 0.0478. The Balaban J connectivity index is 1.75. The zero-order chi connectivity index (χ0) is 18.4. The largest absolute Gasteiger partial charge is 0.507 e. The highest BCUT2D eigenvalue weighted by molar-refractivity contribution is 6.31. The highest BCUT2D eigenvalue weighted by Crippen LogP contribution is 2.29. The van der Waals surface area contributed by atoms with Gasteiger partial charge in [0, 0.05) is 10.4 Å². The van der Waals surface area contributed by atoms with E-state index in [9.17, 15) is 19.5 Å². The smallest absolute Gasteiger partial charge is 0.280 e. The van der Waals surface area contributed by atoms with Crippen LogP contribution in [-0.2, 0) is 0 Å². The van der Waals surface area contributed by atoms with Gasteiger partial charge in [0.25, 0.3) is 17.7 Å². The van der Waals surface area contributed by atoms with E-state index in [1.165, 1.54) is 18.2 Å². The van der Waals surface area contributed by atoms with Gasteiger partial charge < -0.3 is 5.11 Å². The van der Waals surface area contributed by atoms with Gasteiger partial charge >= 0.3 is 0 Å². The first-order valence-corrected chi connectivity index (χ1v) is 8.05. The van der Waals surface area contributed by atoms with Gasteiger partial charge in [0.05, 0.1) is 16.7 Å². The highest BCUT2D eigenvalue weighted by Gasteiger charge is 2.34. The number of phenolic OH excluding ortho intramolecular Hbond substituents is 1. The summed E-state index contributed by atoms with van der Waals surface area (Å²) < 4.78 is 0. The molecule has 4 rings (SSSR count). The van der Waals surface area contributed by atoms with Crippen molar-refractivity contribution in [3.8, 4) is 5.75 Å². The lowest BCUT2D eigenvalue weighted by Gasteiger charge is -2.27. The molecule has 3 amide bonds. The van der Waals surface area contributed by atoms with Crippen molar-refractivity contribution < 1.29 is 19.5 Å². The Morgan fingerprint density at radius 3 is 2.19 bits per heavy atom. The molecule has 7 heteroatoms. The molecule has 0 atom stereocenters. The maximum Gasteiger partial charge on any atom is 0.280 e. The Morgan fingerprint density at radius 2 is 1.58 bits per heavy atom. The number of nitrogens with zero attached hydrogens (tertiary/aromatic N) is 1.